The van der Waals surface area contributed by atoms with Crippen LogP contribution in [0.4, 0.5) is 29.3 Å². The number of hydrogen-bond donors (Lipinski definition) is 2. The fourth-order valence-corrected chi connectivity index (χ4v) is 2.23. The van der Waals surface area contributed by atoms with Crippen molar-refractivity contribution in [1.82, 2.24) is 4.98 Å². The predicted molar refractivity (Wildman–Crippen MR) is 98.2 cm³/mol. The van der Waals surface area contributed by atoms with Gasteiger partial charge >= 0.3 is 12.3 Å². The highest BCUT2D eigenvalue weighted by Crippen LogP contribution is 2.32. The summed E-state index contributed by atoms with van der Waals surface area (Å²) in [5.74, 6) is -0.698. The van der Waals surface area contributed by atoms with Gasteiger partial charge < -0.3 is 10.1 Å². The molecule has 9 heteroatoms. The maximum absolute atomic E-state index is 12.9. The zero-order valence-corrected chi connectivity index (χ0v) is 15.8. The predicted octanol–water partition coefficient (Wildman–Crippen LogP) is 5.01. The number of anilines is 2. The van der Waals surface area contributed by atoms with Crippen LogP contribution in [0.15, 0.2) is 36.7 Å². The number of nitrogens with zero attached hydrogens (tertiary/aromatic N) is 1. The van der Waals surface area contributed by atoms with Gasteiger partial charge in [0, 0.05) is 11.9 Å². The fraction of sp³-hybridized carbons (Fsp3) is 0.316. The molecule has 2 N–H and O–H groups in total. The van der Waals surface area contributed by atoms with Crippen LogP contribution < -0.4 is 10.6 Å². The highest BCUT2D eigenvalue weighted by atomic mass is 19.4. The van der Waals surface area contributed by atoms with Crippen LogP contribution in [0.3, 0.4) is 0 Å². The number of amides is 2. The van der Waals surface area contributed by atoms with Crippen LogP contribution in [0, 0.1) is 6.92 Å². The number of aromatic nitrogens is 1. The van der Waals surface area contributed by atoms with Crippen molar-refractivity contribution in [3.05, 3.63) is 53.3 Å². The zero-order valence-electron chi connectivity index (χ0n) is 15.8. The Bertz CT molecular complexity index is 890. The third-order valence-electron chi connectivity index (χ3n) is 3.51. The van der Waals surface area contributed by atoms with E-state index in [1.807, 2.05) is 0 Å². The number of halogens is 3. The Balaban J connectivity index is 2.25. The van der Waals surface area contributed by atoms with Crippen molar-refractivity contribution in [1.29, 1.82) is 0 Å². The van der Waals surface area contributed by atoms with Gasteiger partial charge in [0.15, 0.2) is 0 Å². The number of hydrogen-bond acceptors (Lipinski definition) is 4. The molecule has 0 aliphatic rings. The quantitative estimate of drug-likeness (QED) is 0.766. The minimum absolute atomic E-state index is 0.0138. The molecule has 1 aromatic heterocycles. The van der Waals surface area contributed by atoms with Crippen molar-refractivity contribution in [2.45, 2.75) is 39.5 Å². The summed E-state index contributed by atoms with van der Waals surface area (Å²) in [6.07, 6.45) is -2.75. The molecule has 6 nitrogen and oxygen atoms in total. The third kappa shape index (κ3) is 5.70. The lowest BCUT2D eigenvalue weighted by Crippen LogP contribution is -2.28. The Morgan fingerprint density at radius 3 is 2.32 bits per heavy atom. The number of benzene rings is 1. The molecule has 0 bridgehead atoms. The van der Waals surface area contributed by atoms with E-state index in [-0.39, 0.29) is 16.9 Å². The number of carbonyl (C=O) groups excluding carboxylic acids is 2. The molecule has 2 rings (SSSR count). The van der Waals surface area contributed by atoms with Crippen molar-refractivity contribution in [2.75, 3.05) is 10.6 Å². The van der Waals surface area contributed by atoms with E-state index < -0.39 is 29.3 Å². The molecular formula is C19H20F3N3O3. The zero-order chi connectivity index (χ0) is 21.1. The Morgan fingerprint density at radius 1 is 1.04 bits per heavy atom. The summed E-state index contributed by atoms with van der Waals surface area (Å²) >= 11 is 0. The van der Waals surface area contributed by atoms with Crippen molar-refractivity contribution >= 4 is 23.4 Å². The van der Waals surface area contributed by atoms with E-state index in [4.69, 9.17) is 4.74 Å². The van der Waals surface area contributed by atoms with E-state index in [2.05, 4.69) is 15.6 Å². The normalized spacial score (nSPS) is 11.7. The molecule has 0 atom stereocenters. The number of aryl methyl sites for hydroxylation is 1. The molecule has 1 aromatic carbocycles. The molecule has 1 heterocycles. The van der Waals surface area contributed by atoms with Crippen LogP contribution in [0.5, 0.6) is 0 Å². The van der Waals surface area contributed by atoms with Gasteiger partial charge in [0.2, 0.25) is 0 Å². The lowest BCUT2D eigenvalue weighted by Gasteiger charge is -2.20. The van der Waals surface area contributed by atoms with Gasteiger partial charge in [-0.15, -0.1) is 0 Å². The molecule has 0 saturated heterocycles. The first kappa shape index (κ1) is 21.2. The highest BCUT2D eigenvalue weighted by Gasteiger charge is 2.31. The van der Waals surface area contributed by atoms with Crippen molar-refractivity contribution in [2.24, 2.45) is 0 Å². The van der Waals surface area contributed by atoms with Gasteiger partial charge in [-0.1, -0.05) is 6.07 Å². The maximum Gasteiger partial charge on any atom is 0.416 e. The molecule has 0 saturated carbocycles. The van der Waals surface area contributed by atoms with Crippen molar-refractivity contribution < 1.29 is 27.5 Å². The molecule has 0 spiro atoms. The van der Waals surface area contributed by atoms with Crippen LogP contribution in [0.1, 0.15) is 42.3 Å². The molecule has 0 radical (unpaired) electrons. The minimum Gasteiger partial charge on any atom is -0.444 e. The molecule has 150 valence electrons. The van der Waals surface area contributed by atoms with Crippen LogP contribution >= 0.6 is 0 Å². The van der Waals surface area contributed by atoms with Crippen LogP contribution in [-0.4, -0.2) is 22.6 Å². The monoisotopic (exact) mass is 395 g/mol. The first-order valence-corrected chi connectivity index (χ1v) is 8.30. The van der Waals surface area contributed by atoms with Gasteiger partial charge in [0.1, 0.15) is 5.60 Å². The first-order chi connectivity index (χ1) is 12.9. The number of pyridine rings is 1. The van der Waals surface area contributed by atoms with Crippen molar-refractivity contribution in [3.63, 3.8) is 0 Å². The number of ether oxygens (including phenoxy) is 1. The van der Waals surface area contributed by atoms with E-state index in [9.17, 15) is 22.8 Å². The second kappa shape index (κ2) is 7.87. The lowest BCUT2D eigenvalue weighted by molar-refractivity contribution is -0.137. The van der Waals surface area contributed by atoms with Gasteiger partial charge in [0.25, 0.3) is 5.91 Å². The van der Waals surface area contributed by atoms with E-state index in [0.29, 0.717) is 5.56 Å². The van der Waals surface area contributed by atoms with Gasteiger partial charge in [-0.3, -0.25) is 15.1 Å². The minimum atomic E-state index is -4.53. The molecule has 0 aliphatic heterocycles. The number of rotatable bonds is 3. The summed E-state index contributed by atoms with van der Waals surface area (Å²) in [4.78, 5) is 28.4. The second-order valence-corrected chi connectivity index (χ2v) is 7.03. The summed E-state index contributed by atoms with van der Waals surface area (Å²) in [5, 5.41) is 4.86. The summed E-state index contributed by atoms with van der Waals surface area (Å²) in [6, 6.07) is 4.40. The van der Waals surface area contributed by atoms with E-state index >= 15 is 0 Å². The maximum atomic E-state index is 12.9. The summed E-state index contributed by atoms with van der Waals surface area (Å²) in [7, 11) is 0. The third-order valence-corrected chi connectivity index (χ3v) is 3.51. The Kier molecular flexibility index (Phi) is 5.96. The van der Waals surface area contributed by atoms with Gasteiger partial charge in [-0.2, -0.15) is 13.2 Å². The van der Waals surface area contributed by atoms with E-state index in [1.165, 1.54) is 24.5 Å². The average molecular weight is 395 g/mol. The number of nitrogens with one attached hydrogen (secondary N) is 2. The number of carbonyl (C=O) groups is 2. The Hall–Kier alpha value is -3.10. The van der Waals surface area contributed by atoms with E-state index in [1.54, 1.807) is 27.7 Å². The van der Waals surface area contributed by atoms with Gasteiger partial charge in [-0.25, -0.2) is 4.79 Å². The topological polar surface area (TPSA) is 80.3 Å². The second-order valence-electron chi connectivity index (χ2n) is 7.03. The smallest absolute Gasteiger partial charge is 0.416 e. The molecule has 28 heavy (non-hydrogen) atoms. The molecule has 0 aliphatic carbocycles. The Labute approximate surface area is 160 Å². The SMILES string of the molecule is Cc1ccc(C(F)(F)F)cc1NC(=O)c1ccncc1NC(=O)OC(C)(C)C. The molecular weight excluding hydrogens is 375 g/mol. The van der Waals surface area contributed by atoms with Crippen LogP contribution in [0.25, 0.3) is 0 Å². The van der Waals surface area contributed by atoms with Crippen LogP contribution in [-0.2, 0) is 10.9 Å². The largest absolute Gasteiger partial charge is 0.444 e. The van der Waals surface area contributed by atoms with E-state index in [0.717, 1.165) is 12.1 Å². The molecule has 0 fully saturated rings. The van der Waals surface area contributed by atoms with Crippen LogP contribution in [0.2, 0.25) is 0 Å². The lowest BCUT2D eigenvalue weighted by atomic mass is 10.1. The molecule has 0 unspecified atom stereocenters. The molecule has 2 amide bonds. The van der Waals surface area contributed by atoms with Crippen molar-refractivity contribution in [3.8, 4) is 0 Å². The van der Waals surface area contributed by atoms with Gasteiger partial charge in [-0.05, 0) is 51.5 Å². The summed E-state index contributed by atoms with van der Waals surface area (Å²) in [6.45, 7) is 6.61. The first-order valence-electron chi connectivity index (χ1n) is 8.30. The summed E-state index contributed by atoms with van der Waals surface area (Å²) in [5.41, 5.74) is -1.06. The standard InChI is InChI=1S/C19H20F3N3O3/c1-11-5-6-12(19(20,21)22)9-14(11)24-16(26)13-7-8-23-10-15(13)25-17(27)28-18(2,3)4/h5-10H,1-4H3,(H,24,26)(H,25,27). The average Bonchev–Trinajstić information content (AvgIpc) is 2.54. The molecule has 2 aromatic rings. The Morgan fingerprint density at radius 2 is 1.71 bits per heavy atom. The van der Waals surface area contributed by atoms with Gasteiger partial charge in [0.05, 0.1) is 23.0 Å². The fourth-order valence-electron chi connectivity index (χ4n) is 2.23. The summed E-state index contributed by atoms with van der Waals surface area (Å²) < 4.78 is 43.9. The highest BCUT2D eigenvalue weighted by molar-refractivity contribution is 6.09. The number of alkyl halides is 3.